The van der Waals surface area contributed by atoms with Crippen LogP contribution in [0.4, 0.5) is 14.9 Å². The Hall–Kier alpha value is -2.36. The van der Waals surface area contributed by atoms with Gasteiger partial charge in [-0.05, 0) is 31.2 Å². The van der Waals surface area contributed by atoms with Gasteiger partial charge in [0, 0.05) is 11.3 Å². The highest BCUT2D eigenvalue weighted by Crippen LogP contribution is 2.18. The van der Waals surface area contributed by atoms with Gasteiger partial charge in [0.15, 0.2) is 0 Å². The molecule has 0 aliphatic rings. The molecule has 0 bridgehead atoms. The van der Waals surface area contributed by atoms with Crippen LogP contribution < -0.4 is 10.1 Å². The molecule has 4 heteroatoms. The quantitative estimate of drug-likeness (QED) is 0.875. The van der Waals surface area contributed by atoms with Crippen molar-refractivity contribution < 1.29 is 13.9 Å². The number of halogens is 1. The average Bonchev–Trinajstić information content (AvgIpc) is 2.36. The van der Waals surface area contributed by atoms with E-state index < -0.39 is 6.09 Å². The number of anilines is 1. The molecule has 18 heavy (non-hydrogen) atoms. The summed E-state index contributed by atoms with van der Waals surface area (Å²) < 4.78 is 18.3. The Morgan fingerprint density at radius 2 is 1.83 bits per heavy atom. The standard InChI is InChI=1S/C14H12FNO2/c1-10-12(15)8-5-9-13(10)16-14(17)18-11-6-3-2-4-7-11/h2-9H,1H3,(H,16,17). The van der Waals surface area contributed by atoms with E-state index in [0.717, 1.165) is 0 Å². The summed E-state index contributed by atoms with van der Waals surface area (Å²) in [5, 5.41) is 2.50. The van der Waals surface area contributed by atoms with Gasteiger partial charge in [-0.3, -0.25) is 5.32 Å². The van der Waals surface area contributed by atoms with Gasteiger partial charge in [0.1, 0.15) is 11.6 Å². The van der Waals surface area contributed by atoms with Crippen LogP contribution in [0.1, 0.15) is 5.56 Å². The van der Waals surface area contributed by atoms with E-state index >= 15 is 0 Å². The Bertz CT molecular complexity index is 555. The van der Waals surface area contributed by atoms with Gasteiger partial charge in [0.05, 0.1) is 0 Å². The second kappa shape index (κ2) is 5.31. The molecule has 0 atom stereocenters. The summed E-state index contributed by atoms with van der Waals surface area (Å²) in [4.78, 5) is 11.6. The van der Waals surface area contributed by atoms with Gasteiger partial charge in [0.2, 0.25) is 0 Å². The van der Waals surface area contributed by atoms with Gasteiger partial charge < -0.3 is 4.74 Å². The molecule has 0 unspecified atom stereocenters. The van der Waals surface area contributed by atoms with Crippen LogP contribution in [0.5, 0.6) is 5.75 Å². The molecule has 0 spiro atoms. The highest BCUT2D eigenvalue weighted by molar-refractivity contribution is 5.87. The largest absolute Gasteiger partial charge is 0.417 e. The van der Waals surface area contributed by atoms with Gasteiger partial charge in [-0.25, -0.2) is 9.18 Å². The molecule has 3 nitrogen and oxygen atoms in total. The van der Waals surface area contributed by atoms with Crippen LogP contribution in [-0.4, -0.2) is 6.09 Å². The van der Waals surface area contributed by atoms with Gasteiger partial charge in [0.25, 0.3) is 0 Å². The molecule has 0 fully saturated rings. The Balaban J connectivity index is 2.06. The van der Waals surface area contributed by atoms with Crippen molar-refractivity contribution in [2.45, 2.75) is 6.92 Å². The van der Waals surface area contributed by atoms with E-state index in [0.29, 0.717) is 17.0 Å². The number of hydrogen-bond donors (Lipinski definition) is 1. The van der Waals surface area contributed by atoms with Gasteiger partial charge >= 0.3 is 6.09 Å². The first-order chi connectivity index (χ1) is 8.66. The Kier molecular flexibility index (Phi) is 3.57. The van der Waals surface area contributed by atoms with E-state index in [4.69, 9.17) is 4.74 Å². The van der Waals surface area contributed by atoms with Crippen LogP contribution in [0.3, 0.4) is 0 Å². The molecule has 0 heterocycles. The predicted molar refractivity (Wildman–Crippen MR) is 67.2 cm³/mol. The molecule has 2 aromatic carbocycles. The minimum Gasteiger partial charge on any atom is -0.410 e. The molecular weight excluding hydrogens is 233 g/mol. The summed E-state index contributed by atoms with van der Waals surface area (Å²) in [5.74, 6) is 0.0663. The van der Waals surface area contributed by atoms with Crippen molar-refractivity contribution in [1.29, 1.82) is 0 Å². The molecule has 0 radical (unpaired) electrons. The summed E-state index contributed by atoms with van der Waals surface area (Å²) in [7, 11) is 0. The zero-order valence-corrected chi connectivity index (χ0v) is 9.81. The van der Waals surface area contributed by atoms with E-state index in [1.807, 2.05) is 6.07 Å². The minimum absolute atomic E-state index is 0.368. The highest BCUT2D eigenvalue weighted by Gasteiger charge is 2.08. The Labute approximate surface area is 104 Å². The second-order valence-corrected chi connectivity index (χ2v) is 3.74. The number of ether oxygens (including phenoxy) is 1. The van der Waals surface area contributed by atoms with Gasteiger partial charge in [-0.1, -0.05) is 24.3 Å². The predicted octanol–water partition coefficient (Wildman–Crippen LogP) is 3.75. The zero-order valence-electron chi connectivity index (χ0n) is 9.81. The van der Waals surface area contributed by atoms with Crippen molar-refractivity contribution in [2.75, 3.05) is 5.32 Å². The maximum Gasteiger partial charge on any atom is 0.417 e. The average molecular weight is 245 g/mol. The van der Waals surface area contributed by atoms with Crippen molar-refractivity contribution in [3.8, 4) is 5.75 Å². The third-order valence-electron chi connectivity index (χ3n) is 2.46. The molecule has 0 aliphatic heterocycles. The fraction of sp³-hybridized carbons (Fsp3) is 0.0714. The Morgan fingerprint density at radius 3 is 2.56 bits per heavy atom. The third kappa shape index (κ3) is 2.85. The first kappa shape index (κ1) is 12.1. The smallest absolute Gasteiger partial charge is 0.410 e. The van der Waals surface area contributed by atoms with E-state index in [-0.39, 0.29) is 5.82 Å². The van der Waals surface area contributed by atoms with Crippen LogP contribution in [0.25, 0.3) is 0 Å². The molecule has 2 rings (SSSR count). The van der Waals surface area contributed by atoms with Crippen molar-refractivity contribution >= 4 is 11.8 Å². The fourth-order valence-electron chi connectivity index (χ4n) is 1.47. The number of carbonyl (C=O) groups is 1. The lowest BCUT2D eigenvalue weighted by atomic mass is 10.2. The minimum atomic E-state index is -0.644. The molecular formula is C14H12FNO2. The maximum atomic E-state index is 13.3. The normalized spacial score (nSPS) is 9.89. The molecule has 0 aliphatic carbocycles. The molecule has 0 saturated carbocycles. The maximum absolute atomic E-state index is 13.3. The number of amides is 1. The van der Waals surface area contributed by atoms with Crippen LogP contribution in [0.15, 0.2) is 48.5 Å². The van der Waals surface area contributed by atoms with Gasteiger partial charge in [-0.15, -0.1) is 0 Å². The molecule has 2 aromatic rings. The van der Waals surface area contributed by atoms with E-state index in [9.17, 15) is 9.18 Å². The summed E-state index contributed by atoms with van der Waals surface area (Å²) in [6.07, 6.45) is -0.644. The number of carbonyl (C=O) groups excluding carboxylic acids is 1. The van der Waals surface area contributed by atoms with E-state index in [1.54, 1.807) is 37.3 Å². The first-order valence-electron chi connectivity index (χ1n) is 5.46. The number of rotatable bonds is 2. The van der Waals surface area contributed by atoms with Gasteiger partial charge in [-0.2, -0.15) is 0 Å². The monoisotopic (exact) mass is 245 g/mol. The van der Waals surface area contributed by atoms with Crippen LogP contribution in [0.2, 0.25) is 0 Å². The van der Waals surface area contributed by atoms with Crippen molar-refractivity contribution in [3.05, 3.63) is 59.9 Å². The lowest BCUT2D eigenvalue weighted by Gasteiger charge is -2.09. The fourth-order valence-corrected chi connectivity index (χ4v) is 1.47. The summed E-state index contributed by atoms with van der Waals surface area (Å²) in [6, 6.07) is 13.2. The van der Waals surface area contributed by atoms with E-state index in [1.165, 1.54) is 12.1 Å². The molecule has 1 N–H and O–H groups in total. The first-order valence-corrected chi connectivity index (χ1v) is 5.46. The molecule has 92 valence electrons. The number of nitrogens with one attached hydrogen (secondary N) is 1. The zero-order chi connectivity index (χ0) is 13.0. The SMILES string of the molecule is Cc1c(F)cccc1NC(=O)Oc1ccccc1. The third-order valence-corrected chi connectivity index (χ3v) is 2.46. The Morgan fingerprint density at radius 1 is 1.11 bits per heavy atom. The number of para-hydroxylation sites is 1. The summed E-state index contributed by atoms with van der Waals surface area (Å²) >= 11 is 0. The molecule has 0 aromatic heterocycles. The van der Waals surface area contributed by atoms with Crippen LogP contribution in [-0.2, 0) is 0 Å². The summed E-state index contributed by atoms with van der Waals surface area (Å²) in [5.41, 5.74) is 0.776. The van der Waals surface area contributed by atoms with Crippen LogP contribution >= 0.6 is 0 Å². The topological polar surface area (TPSA) is 38.3 Å². The lowest BCUT2D eigenvalue weighted by Crippen LogP contribution is -2.17. The lowest BCUT2D eigenvalue weighted by molar-refractivity contribution is 0.215. The summed E-state index contributed by atoms with van der Waals surface area (Å²) in [6.45, 7) is 1.59. The van der Waals surface area contributed by atoms with Crippen molar-refractivity contribution in [2.24, 2.45) is 0 Å². The number of hydrogen-bond acceptors (Lipinski definition) is 2. The highest BCUT2D eigenvalue weighted by atomic mass is 19.1. The van der Waals surface area contributed by atoms with E-state index in [2.05, 4.69) is 5.32 Å². The second-order valence-electron chi connectivity index (χ2n) is 3.74. The number of benzene rings is 2. The van der Waals surface area contributed by atoms with Crippen LogP contribution in [0, 0.1) is 12.7 Å². The van der Waals surface area contributed by atoms with Crippen molar-refractivity contribution in [3.63, 3.8) is 0 Å². The molecule has 0 saturated heterocycles. The molecule has 1 amide bonds. The van der Waals surface area contributed by atoms with Crippen molar-refractivity contribution in [1.82, 2.24) is 0 Å².